The second kappa shape index (κ2) is 4.59. The van der Waals surface area contributed by atoms with Crippen LogP contribution in [0, 0.1) is 11.6 Å². The van der Waals surface area contributed by atoms with E-state index >= 15 is 0 Å². The number of hydrogen-bond acceptors (Lipinski definition) is 3. The molecule has 0 amide bonds. The molecule has 0 aliphatic rings. The lowest BCUT2D eigenvalue weighted by molar-refractivity contribution is -0.147. The van der Waals surface area contributed by atoms with Crippen LogP contribution in [0.5, 0.6) is 0 Å². The molecule has 0 radical (unpaired) electrons. The van der Waals surface area contributed by atoms with Crippen LogP contribution >= 0.6 is 11.8 Å². The summed E-state index contributed by atoms with van der Waals surface area (Å²) < 4.78 is 26.5. The van der Waals surface area contributed by atoms with Crippen molar-refractivity contribution in [2.75, 3.05) is 6.26 Å². The van der Waals surface area contributed by atoms with E-state index in [1.165, 1.54) is 6.26 Å². The van der Waals surface area contributed by atoms with Gasteiger partial charge in [-0.1, -0.05) is 0 Å². The molecule has 3 nitrogen and oxygen atoms in total. The maximum Gasteiger partial charge on any atom is 0.337 e. The number of benzene rings is 1. The molecule has 1 aromatic carbocycles. The third-order valence-electron chi connectivity index (χ3n) is 1.81. The summed E-state index contributed by atoms with van der Waals surface area (Å²) in [4.78, 5) is 10.1. The van der Waals surface area contributed by atoms with Gasteiger partial charge in [-0.25, -0.2) is 13.6 Å². The number of carbonyl (C=O) groups is 1. The maximum absolute atomic E-state index is 13.5. The zero-order chi connectivity index (χ0) is 11.6. The van der Waals surface area contributed by atoms with Crippen molar-refractivity contribution in [1.29, 1.82) is 0 Å². The smallest absolute Gasteiger partial charge is 0.337 e. The molecule has 0 saturated carbocycles. The van der Waals surface area contributed by atoms with Crippen molar-refractivity contribution in [3.63, 3.8) is 0 Å². The fourth-order valence-corrected chi connectivity index (χ4v) is 1.64. The highest BCUT2D eigenvalue weighted by atomic mass is 32.2. The summed E-state index contributed by atoms with van der Waals surface area (Å²) in [5.41, 5.74) is -0.437. The normalized spacial score (nSPS) is 12.5. The summed E-state index contributed by atoms with van der Waals surface area (Å²) >= 11 is 0.811. The molecular formula is C9H8F2O3S. The van der Waals surface area contributed by atoms with Gasteiger partial charge in [-0.05, 0) is 18.4 Å². The van der Waals surface area contributed by atoms with Gasteiger partial charge in [0.05, 0.1) is 4.90 Å². The number of aliphatic hydroxyl groups is 1. The highest BCUT2D eigenvalue weighted by Gasteiger charge is 2.23. The van der Waals surface area contributed by atoms with E-state index in [9.17, 15) is 13.6 Å². The maximum atomic E-state index is 13.5. The van der Waals surface area contributed by atoms with Gasteiger partial charge in [-0.15, -0.1) is 11.8 Å². The van der Waals surface area contributed by atoms with Crippen molar-refractivity contribution >= 4 is 17.7 Å². The van der Waals surface area contributed by atoms with Gasteiger partial charge in [0.2, 0.25) is 0 Å². The molecule has 0 aliphatic carbocycles. The van der Waals surface area contributed by atoms with E-state index < -0.39 is 29.3 Å². The molecule has 1 unspecified atom stereocenters. The Morgan fingerprint density at radius 2 is 2.07 bits per heavy atom. The number of aliphatic hydroxyl groups excluding tert-OH is 1. The van der Waals surface area contributed by atoms with Crippen molar-refractivity contribution in [3.05, 3.63) is 29.3 Å². The average molecular weight is 234 g/mol. The number of hydrogen-bond donors (Lipinski definition) is 2. The molecule has 6 heteroatoms. The first-order valence-corrected chi connectivity index (χ1v) is 5.14. The molecule has 82 valence electrons. The van der Waals surface area contributed by atoms with Crippen molar-refractivity contribution in [1.82, 2.24) is 0 Å². The van der Waals surface area contributed by atoms with Crippen LogP contribution in [-0.2, 0) is 4.79 Å². The molecule has 0 saturated heterocycles. The van der Waals surface area contributed by atoms with Crippen molar-refractivity contribution in [2.45, 2.75) is 11.0 Å². The molecule has 15 heavy (non-hydrogen) atoms. The Hall–Kier alpha value is -1.14. The first kappa shape index (κ1) is 11.9. The van der Waals surface area contributed by atoms with E-state index in [4.69, 9.17) is 10.2 Å². The largest absolute Gasteiger partial charge is 0.479 e. The minimum absolute atomic E-state index is 0.298. The lowest BCUT2D eigenvalue weighted by Gasteiger charge is -2.10. The van der Waals surface area contributed by atoms with Crippen LogP contribution in [0.4, 0.5) is 8.78 Å². The Morgan fingerprint density at radius 1 is 1.47 bits per heavy atom. The summed E-state index contributed by atoms with van der Waals surface area (Å²) in [5.74, 6) is -3.38. The van der Waals surface area contributed by atoms with Gasteiger partial charge in [0, 0.05) is 5.56 Å². The molecule has 1 aromatic rings. The molecular weight excluding hydrogens is 226 g/mol. The van der Waals surface area contributed by atoms with Crippen LogP contribution < -0.4 is 0 Å². The van der Waals surface area contributed by atoms with Gasteiger partial charge in [0.1, 0.15) is 11.6 Å². The predicted molar refractivity (Wildman–Crippen MR) is 50.7 cm³/mol. The zero-order valence-electron chi connectivity index (χ0n) is 7.70. The third-order valence-corrected chi connectivity index (χ3v) is 2.59. The third kappa shape index (κ3) is 2.27. The van der Waals surface area contributed by atoms with Crippen LogP contribution in [0.1, 0.15) is 11.7 Å². The Labute approximate surface area is 88.7 Å². The number of carboxylic acids is 1. The quantitative estimate of drug-likeness (QED) is 0.783. The van der Waals surface area contributed by atoms with E-state index in [-0.39, 0.29) is 4.90 Å². The van der Waals surface area contributed by atoms with Gasteiger partial charge in [0.15, 0.2) is 6.10 Å². The van der Waals surface area contributed by atoms with Crippen molar-refractivity contribution < 1.29 is 23.8 Å². The highest BCUT2D eigenvalue weighted by Crippen LogP contribution is 2.28. The van der Waals surface area contributed by atoms with E-state index in [2.05, 4.69) is 0 Å². The summed E-state index contributed by atoms with van der Waals surface area (Å²) in [6, 6.07) is 1.85. The summed E-state index contributed by atoms with van der Waals surface area (Å²) in [5, 5.41) is 17.6. The standard InChI is InChI=1S/C9H8F2O3S/c1-15-8-5(10)3-2-4(6(8)11)7(12)9(13)14/h2-3,7,12H,1H3,(H,13,14). The lowest BCUT2D eigenvalue weighted by Crippen LogP contribution is -2.13. The molecule has 1 rings (SSSR count). The first-order chi connectivity index (χ1) is 6.99. The van der Waals surface area contributed by atoms with Gasteiger partial charge >= 0.3 is 5.97 Å². The fraction of sp³-hybridized carbons (Fsp3) is 0.222. The SMILES string of the molecule is CSc1c(F)ccc(C(O)C(=O)O)c1F. The summed E-state index contributed by atoms with van der Waals surface area (Å²) in [6.07, 6.45) is -0.519. The van der Waals surface area contributed by atoms with Gasteiger partial charge < -0.3 is 10.2 Å². The summed E-state index contributed by atoms with van der Waals surface area (Å²) in [7, 11) is 0. The molecule has 1 atom stereocenters. The number of thioether (sulfide) groups is 1. The molecule has 2 N–H and O–H groups in total. The van der Waals surface area contributed by atoms with Gasteiger partial charge in [0.25, 0.3) is 0 Å². The first-order valence-electron chi connectivity index (χ1n) is 3.91. The second-order valence-corrected chi connectivity index (χ2v) is 3.54. The van der Waals surface area contributed by atoms with Crippen LogP contribution in [0.15, 0.2) is 17.0 Å². The van der Waals surface area contributed by atoms with Crippen molar-refractivity contribution in [3.8, 4) is 0 Å². The number of carboxylic acid groups (broad SMARTS) is 1. The number of rotatable bonds is 3. The Kier molecular flexibility index (Phi) is 3.65. The molecule has 0 aliphatic heterocycles. The summed E-state index contributed by atoms with van der Waals surface area (Å²) in [6.45, 7) is 0. The monoisotopic (exact) mass is 234 g/mol. The van der Waals surface area contributed by atoms with Crippen LogP contribution in [0.3, 0.4) is 0 Å². The predicted octanol–water partition coefficient (Wildman–Crippen LogP) is 1.80. The lowest BCUT2D eigenvalue weighted by atomic mass is 10.1. The molecule has 0 spiro atoms. The van der Waals surface area contributed by atoms with E-state index in [0.29, 0.717) is 0 Å². The minimum Gasteiger partial charge on any atom is -0.479 e. The van der Waals surface area contributed by atoms with Crippen LogP contribution in [0.25, 0.3) is 0 Å². The zero-order valence-corrected chi connectivity index (χ0v) is 8.52. The topological polar surface area (TPSA) is 57.5 Å². The molecule has 0 fully saturated rings. The average Bonchev–Trinajstić information content (AvgIpc) is 2.17. The van der Waals surface area contributed by atoms with E-state index in [1.807, 2.05) is 0 Å². The molecule has 0 heterocycles. The van der Waals surface area contributed by atoms with Crippen molar-refractivity contribution in [2.24, 2.45) is 0 Å². The van der Waals surface area contributed by atoms with Gasteiger partial charge in [-0.3, -0.25) is 0 Å². The van der Waals surface area contributed by atoms with Crippen LogP contribution in [-0.4, -0.2) is 22.4 Å². The minimum atomic E-state index is -1.98. The Balaban J connectivity index is 3.27. The number of aliphatic carboxylic acids is 1. The Bertz CT molecular complexity index is 395. The highest BCUT2D eigenvalue weighted by molar-refractivity contribution is 7.98. The van der Waals surface area contributed by atoms with E-state index in [1.54, 1.807) is 0 Å². The van der Waals surface area contributed by atoms with Gasteiger partial charge in [-0.2, -0.15) is 0 Å². The molecule has 0 aromatic heterocycles. The second-order valence-electron chi connectivity index (χ2n) is 2.72. The molecule has 0 bridgehead atoms. The fourth-order valence-electron chi connectivity index (χ4n) is 1.08. The Morgan fingerprint density at radius 3 is 2.53 bits per heavy atom. The van der Waals surface area contributed by atoms with Crippen LogP contribution in [0.2, 0.25) is 0 Å². The number of halogens is 2. The van der Waals surface area contributed by atoms with E-state index in [0.717, 1.165) is 23.9 Å².